The monoisotopic (exact) mass is 329 g/mol. The number of rotatable bonds is 5. The van der Waals surface area contributed by atoms with Crippen molar-refractivity contribution in [3.8, 4) is 0 Å². The average molecular weight is 329 g/mol. The molecule has 128 valence electrons. The molecule has 1 N–H and O–H groups in total. The molecule has 7 heteroatoms. The van der Waals surface area contributed by atoms with Gasteiger partial charge in [-0.3, -0.25) is 0 Å². The normalized spacial score (nSPS) is 13.4. The average Bonchev–Trinajstić information content (AvgIpc) is 3.12. The summed E-state index contributed by atoms with van der Waals surface area (Å²) in [6.07, 6.45) is 0. The predicted molar refractivity (Wildman–Crippen MR) is 91.2 cm³/mol. The number of furan rings is 1. The molecule has 1 atom stereocenters. The molecule has 3 rings (SSSR count). The standard InChI is InChI=1S/C17H23N5O2/c1-11-6-7-13(24-11)12(10-23-5)18-14-8-9-15-19-20-16(17(2,3)4)22(15)21-14/h6-9,12H,10H2,1-5H3,(H,18,21). The van der Waals surface area contributed by atoms with Crippen LogP contribution in [0, 0.1) is 6.92 Å². The molecule has 1 unspecified atom stereocenters. The van der Waals surface area contributed by atoms with Gasteiger partial charge < -0.3 is 14.5 Å². The van der Waals surface area contributed by atoms with Crippen LogP contribution in [0.4, 0.5) is 5.82 Å². The lowest BCUT2D eigenvalue weighted by Gasteiger charge is -2.18. The van der Waals surface area contributed by atoms with Crippen molar-refractivity contribution < 1.29 is 9.15 Å². The highest BCUT2D eigenvalue weighted by Crippen LogP contribution is 2.23. The second-order valence-electron chi connectivity index (χ2n) is 6.86. The molecule has 0 aliphatic carbocycles. The van der Waals surface area contributed by atoms with Crippen molar-refractivity contribution in [1.82, 2.24) is 19.8 Å². The first-order valence-corrected chi connectivity index (χ1v) is 7.93. The van der Waals surface area contributed by atoms with Gasteiger partial charge in [-0.05, 0) is 31.2 Å². The zero-order valence-electron chi connectivity index (χ0n) is 14.7. The van der Waals surface area contributed by atoms with Crippen LogP contribution in [0.5, 0.6) is 0 Å². The molecule has 3 aromatic rings. The molecule has 7 nitrogen and oxygen atoms in total. The van der Waals surface area contributed by atoms with E-state index in [1.165, 1.54) is 0 Å². The highest BCUT2D eigenvalue weighted by atomic mass is 16.5. The number of nitrogens with zero attached hydrogens (tertiary/aromatic N) is 4. The Kier molecular flexibility index (Phi) is 4.28. The fraction of sp³-hybridized carbons (Fsp3) is 0.471. The molecule has 0 fully saturated rings. The molecule has 3 aromatic heterocycles. The second kappa shape index (κ2) is 6.24. The molecular formula is C17H23N5O2. The lowest BCUT2D eigenvalue weighted by molar-refractivity contribution is 0.178. The Balaban J connectivity index is 1.93. The van der Waals surface area contributed by atoms with E-state index in [4.69, 9.17) is 9.15 Å². The number of hydrogen-bond acceptors (Lipinski definition) is 6. The summed E-state index contributed by atoms with van der Waals surface area (Å²) in [5.41, 5.74) is 0.581. The molecular weight excluding hydrogens is 306 g/mol. The first-order valence-electron chi connectivity index (χ1n) is 7.93. The number of hydrogen-bond donors (Lipinski definition) is 1. The third-order valence-electron chi connectivity index (χ3n) is 3.69. The van der Waals surface area contributed by atoms with E-state index >= 15 is 0 Å². The Bertz CT molecular complexity index is 831. The summed E-state index contributed by atoms with van der Waals surface area (Å²) in [5.74, 6) is 3.21. The molecule has 0 aliphatic rings. The van der Waals surface area contributed by atoms with Gasteiger partial charge in [-0.25, -0.2) is 0 Å². The zero-order chi connectivity index (χ0) is 17.3. The maximum absolute atomic E-state index is 5.72. The molecule has 0 saturated heterocycles. The summed E-state index contributed by atoms with van der Waals surface area (Å²) in [5, 5.41) is 16.5. The van der Waals surface area contributed by atoms with Crippen molar-refractivity contribution >= 4 is 11.5 Å². The van der Waals surface area contributed by atoms with Crippen LogP contribution in [0.3, 0.4) is 0 Å². The quantitative estimate of drug-likeness (QED) is 0.775. The van der Waals surface area contributed by atoms with Crippen LogP contribution in [0.25, 0.3) is 5.65 Å². The van der Waals surface area contributed by atoms with Crippen molar-refractivity contribution in [2.45, 2.75) is 39.2 Å². The minimum Gasteiger partial charge on any atom is -0.464 e. The lowest BCUT2D eigenvalue weighted by Crippen LogP contribution is -2.19. The number of aryl methyl sites for hydroxylation is 1. The Labute approximate surface area is 141 Å². The van der Waals surface area contributed by atoms with Crippen LogP contribution in [-0.2, 0) is 10.2 Å². The summed E-state index contributed by atoms with van der Waals surface area (Å²) in [6.45, 7) is 8.66. The number of aromatic nitrogens is 4. The lowest BCUT2D eigenvalue weighted by atomic mass is 9.96. The zero-order valence-corrected chi connectivity index (χ0v) is 14.7. The van der Waals surface area contributed by atoms with Crippen LogP contribution in [-0.4, -0.2) is 33.5 Å². The predicted octanol–water partition coefficient (Wildman–Crippen LogP) is 3.12. The minimum absolute atomic E-state index is 0.122. The Morgan fingerprint density at radius 2 is 2.00 bits per heavy atom. The molecule has 0 aliphatic heterocycles. The maximum Gasteiger partial charge on any atom is 0.178 e. The topological polar surface area (TPSA) is 77.5 Å². The van der Waals surface area contributed by atoms with Gasteiger partial charge in [0.15, 0.2) is 11.5 Å². The largest absolute Gasteiger partial charge is 0.464 e. The molecule has 0 saturated carbocycles. The third kappa shape index (κ3) is 3.26. The van der Waals surface area contributed by atoms with Gasteiger partial charge in [-0.2, -0.15) is 4.52 Å². The van der Waals surface area contributed by atoms with Gasteiger partial charge in [-0.1, -0.05) is 20.8 Å². The van der Waals surface area contributed by atoms with Gasteiger partial charge in [0, 0.05) is 12.5 Å². The number of ether oxygens (including phenoxy) is 1. The summed E-state index contributed by atoms with van der Waals surface area (Å²) in [4.78, 5) is 0. The van der Waals surface area contributed by atoms with Gasteiger partial charge in [-0.15, -0.1) is 15.3 Å². The van der Waals surface area contributed by atoms with E-state index in [1.807, 2.05) is 31.2 Å². The highest BCUT2D eigenvalue weighted by Gasteiger charge is 2.22. The molecule has 0 aromatic carbocycles. The highest BCUT2D eigenvalue weighted by molar-refractivity contribution is 5.45. The van der Waals surface area contributed by atoms with E-state index < -0.39 is 0 Å². The van der Waals surface area contributed by atoms with E-state index in [-0.39, 0.29) is 11.5 Å². The van der Waals surface area contributed by atoms with Crippen LogP contribution in [0.2, 0.25) is 0 Å². The number of nitrogens with one attached hydrogen (secondary N) is 1. The molecule has 3 heterocycles. The Morgan fingerprint density at radius 3 is 2.62 bits per heavy atom. The first kappa shape index (κ1) is 16.4. The first-order chi connectivity index (χ1) is 11.4. The van der Waals surface area contributed by atoms with Crippen molar-refractivity contribution in [1.29, 1.82) is 0 Å². The second-order valence-corrected chi connectivity index (χ2v) is 6.86. The van der Waals surface area contributed by atoms with Crippen molar-refractivity contribution in [2.75, 3.05) is 19.0 Å². The van der Waals surface area contributed by atoms with Gasteiger partial charge >= 0.3 is 0 Å². The Morgan fingerprint density at radius 1 is 1.21 bits per heavy atom. The summed E-state index contributed by atoms with van der Waals surface area (Å²) >= 11 is 0. The molecule has 24 heavy (non-hydrogen) atoms. The molecule has 0 bridgehead atoms. The van der Waals surface area contributed by atoms with Crippen LogP contribution >= 0.6 is 0 Å². The minimum atomic E-state index is -0.144. The van der Waals surface area contributed by atoms with Crippen molar-refractivity contribution in [3.05, 3.63) is 41.6 Å². The van der Waals surface area contributed by atoms with Gasteiger partial charge in [0.05, 0.1) is 6.61 Å². The number of fused-ring (bicyclic) bond motifs is 1. The Hall–Kier alpha value is -2.41. The van der Waals surface area contributed by atoms with E-state index in [9.17, 15) is 0 Å². The van der Waals surface area contributed by atoms with Crippen molar-refractivity contribution in [2.24, 2.45) is 0 Å². The third-order valence-corrected chi connectivity index (χ3v) is 3.69. The fourth-order valence-electron chi connectivity index (χ4n) is 2.51. The number of anilines is 1. The van der Waals surface area contributed by atoms with Crippen LogP contribution in [0.1, 0.15) is 44.2 Å². The van der Waals surface area contributed by atoms with E-state index in [2.05, 4.69) is 41.4 Å². The van der Waals surface area contributed by atoms with E-state index in [0.717, 1.165) is 23.0 Å². The summed E-state index contributed by atoms with van der Waals surface area (Å²) in [6, 6.07) is 7.55. The SMILES string of the molecule is COCC(Nc1ccc2nnc(C(C)(C)C)n2n1)c1ccc(C)o1. The summed E-state index contributed by atoms with van der Waals surface area (Å²) in [7, 11) is 1.67. The van der Waals surface area contributed by atoms with Crippen LogP contribution < -0.4 is 5.32 Å². The van der Waals surface area contributed by atoms with Gasteiger partial charge in [0.25, 0.3) is 0 Å². The number of methoxy groups -OCH3 is 1. The molecule has 0 spiro atoms. The van der Waals surface area contributed by atoms with Crippen molar-refractivity contribution in [3.63, 3.8) is 0 Å². The van der Waals surface area contributed by atoms with Gasteiger partial charge in [0.2, 0.25) is 0 Å². The van der Waals surface area contributed by atoms with Crippen LogP contribution in [0.15, 0.2) is 28.7 Å². The van der Waals surface area contributed by atoms with E-state index in [0.29, 0.717) is 12.4 Å². The smallest absolute Gasteiger partial charge is 0.178 e. The fourth-order valence-corrected chi connectivity index (χ4v) is 2.51. The summed E-state index contributed by atoms with van der Waals surface area (Å²) < 4.78 is 12.8. The molecule has 0 amide bonds. The molecule has 0 radical (unpaired) electrons. The maximum atomic E-state index is 5.72. The van der Waals surface area contributed by atoms with Gasteiger partial charge in [0.1, 0.15) is 23.4 Å². The van der Waals surface area contributed by atoms with E-state index in [1.54, 1.807) is 11.6 Å².